The molecule has 6 heteroatoms. The maximum Gasteiger partial charge on any atom is 0.255 e. The summed E-state index contributed by atoms with van der Waals surface area (Å²) in [6.07, 6.45) is 7.85. The molecule has 32 heavy (non-hydrogen) atoms. The second kappa shape index (κ2) is 10.6. The number of hydrogen-bond donors (Lipinski definition) is 2. The average molecular weight is 430 g/mol. The van der Waals surface area contributed by atoms with Crippen molar-refractivity contribution in [1.29, 1.82) is 0 Å². The van der Waals surface area contributed by atoms with E-state index in [1.807, 2.05) is 30.3 Å². The molecule has 0 spiro atoms. The molecule has 0 aliphatic heterocycles. The minimum atomic E-state index is -0.236. The molecule has 1 aliphatic carbocycles. The summed E-state index contributed by atoms with van der Waals surface area (Å²) < 4.78 is 6.02. The second-order valence-electron chi connectivity index (χ2n) is 7.94. The Morgan fingerprint density at radius 1 is 0.875 bits per heavy atom. The summed E-state index contributed by atoms with van der Waals surface area (Å²) in [4.78, 5) is 29.3. The largest absolute Gasteiger partial charge is 0.490 e. The summed E-state index contributed by atoms with van der Waals surface area (Å²) in [6, 6.07) is 19.6. The molecule has 4 rings (SSSR count). The molecule has 2 N–H and O–H groups in total. The van der Waals surface area contributed by atoms with E-state index in [-0.39, 0.29) is 17.9 Å². The number of aromatic nitrogens is 1. The Bertz CT molecular complexity index is 1050. The Balaban J connectivity index is 1.33. The van der Waals surface area contributed by atoms with Gasteiger partial charge in [0.05, 0.1) is 18.3 Å². The minimum absolute atomic E-state index is 0.226. The molecular weight excluding hydrogens is 402 g/mol. The van der Waals surface area contributed by atoms with E-state index in [1.165, 1.54) is 19.3 Å². The highest BCUT2D eigenvalue weighted by Gasteiger charge is 2.15. The SMILES string of the molecule is O=C(NCc1ccccn1)c1cccc(NC(=O)c2ccc(OC3CCCCC3)cc2)c1. The molecule has 0 bridgehead atoms. The van der Waals surface area contributed by atoms with Crippen LogP contribution in [0.4, 0.5) is 5.69 Å². The lowest BCUT2D eigenvalue weighted by Crippen LogP contribution is -2.23. The highest BCUT2D eigenvalue weighted by Crippen LogP contribution is 2.24. The summed E-state index contributed by atoms with van der Waals surface area (Å²) >= 11 is 0. The Morgan fingerprint density at radius 3 is 2.44 bits per heavy atom. The van der Waals surface area contributed by atoms with Gasteiger partial charge in [-0.25, -0.2) is 0 Å². The lowest BCUT2D eigenvalue weighted by atomic mass is 9.98. The molecule has 0 radical (unpaired) electrons. The molecule has 0 atom stereocenters. The van der Waals surface area contributed by atoms with Crippen LogP contribution in [0, 0.1) is 0 Å². The zero-order chi connectivity index (χ0) is 22.2. The number of nitrogens with one attached hydrogen (secondary N) is 2. The van der Waals surface area contributed by atoms with Crippen LogP contribution in [0.15, 0.2) is 72.9 Å². The summed E-state index contributed by atoms with van der Waals surface area (Å²) in [5, 5.41) is 5.70. The fourth-order valence-corrected chi connectivity index (χ4v) is 3.78. The standard InChI is InChI=1S/C26H27N3O3/c30-25(28-18-22-8-4-5-16-27-22)20-7-6-9-21(17-20)29-26(31)19-12-14-24(15-13-19)32-23-10-2-1-3-11-23/h4-9,12-17,23H,1-3,10-11,18H2,(H,28,30)(H,29,31). The summed E-state index contributed by atoms with van der Waals surface area (Å²) in [7, 11) is 0. The van der Waals surface area contributed by atoms with Crippen molar-refractivity contribution in [3.8, 4) is 5.75 Å². The topological polar surface area (TPSA) is 80.3 Å². The van der Waals surface area contributed by atoms with Crippen molar-refractivity contribution >= 4 is 17.5 Å². The third-order valence-electron chi connectivity index (χ3n) is 5.51. The number of nitrogens with zero attached hydrogens (tertiary/aromatic N) is 1. The zero-order valence-corrected chi connectivity index (χ0v) is 17.9. The molecule has 164 valence electrons. The van der Waals surface area contributed by atoms with E-state index in [4.69, 9.17) is 4.74 Å². The van der Waals surface area contributed by atoms with Crippen LogP contribution in [0.2, 0.25) is 0 Å². The van der Waals surface area contributed by atoms with Gasteiger partial charge in [-0.1, -0.05) is 18.6 Å². The third-order valence-corrected chi connectivity index (χ3v) is 5.51. The van der Waals surface area contributed by atoms with E-state index in [0.29, 0.717) is 23.4 Å². The minimum Gasteiger partial charge on any atom is -0.490 e. The van der Waals surface area contributed by atoms with Crippen molar-refractivity contribution in [2.24, 2.45) is 0 Å². The third kappa shape index (κ3) is 5.94. The molecule has 6 nitrogen and oxygen atoms in total. The molecule has 1 saturated carbocycles. The van der Waals surface area contributed by atoms with Crippen LogP contribution in [0.5, 0.6) is 5.75 Å². The van der Waals surface area contributed by atoms with Crippen molar-refractivity contribution < 1.29 is 14.3 Å². The Labute approximate surface area is 188 Å². The van der Waals surface area contributed by atoms with Gasteiger partial charge in [0.2, 0.25) is 0 Å². The van der Waals surface area contributed by atoms with E-state index >= 15 is 0 Å². The number of hydrogen-bond acceptors (Lipinski definition) is 4. The monoisotopic (exact) mass is 429 g/mol. The van der Waals surface area contributed by atoms with Crippen molar-refractivity contribution in [2.75, 3.05) is 5.32 Å². The van der Waals surface area contributed by atoms with E-state index in [2.05, 4.69) is 15.6 Å². The van der Waals surface area contributed by atoms with Crippen molar-refractivity contribution in [3.63, 3.8) is 0 Å². The lowest BCUT2D eigenvalue weighted by molar-refractivity contribution is 0.0949. The molecule has 0 unspecified atom stereocenters. The predicted molar refractivity (Wildman–Crippen MR) is 124 cm³/mol. The Hall–Kier alpha value is -3.67. The second-order valence-corrected chi connectivity index (χ2v) is 7.94. The number of benzene rings is 2. The van der Waals surface area contributed by atoms with Gasteiger partial charge >= 0.3 is 0 Å². The molecule has 0 saturated heterocycles. The van der Waals surface area contributed by atoms with Gasteiger partial charge in [0, 0.05) is 23.0 Å². The quantitative estimate of drug-likeness (QED) is 0.555. The van der Waals surface area contributed by atoms with Crippen LogP contribution in [0.25, 0.3) is 0 Å². The lowest BCUT2D eigenvalue weighted by Gasteiger charge is -2.23. The first kappa shape index (κ1) is 21.6. The van der Waals surface area contributed by atoms with Crippen LogP contribution in [0.3, 0.4) is 0 Å². The van der Waals surface area contributed by atoms with Crippen LogP contribution in [-0.2, 0) is 6.54 Å². The fourth-order valence-electron chi connectivity index (χ4n) is 3.78. The van der Waals surface area contributed by atoms with E-state index in [9.17, 15) is 9.59 Å². The van der Waals surface area contributed by atoms with Crippen LogP contribution >= 0.6 is 0 Å². The smallest absolute Gasteiger partial charge is 0.255 e. The number of amides is 2. The highest BCUT2D eigenvalue weighted by atomic mass is 16.5. The number of carbonyl (C=O) groups excluding carboxylic acids is 2. The maximum atomic E-state index is 12.6. The first-order valence-corrected chi connectivity index (χ1v) is 11.0. The van der Waals surface area contributed by atoms with Gasteiger partial charge in [0.25, 0.3) is 11.8 Å². The average Bonchev–Trinajstić information content (AvgIpc) is 2.84. The highest BCUT2D eigenvalue weighted by molar-refractivity contribution is 6.05. The molecule has 1 aliphatic rings. The van der Waals surface area contributed by atoms with Gasteiger partial charge in [-0.15, -0.1) is 0 Å². The van der Waals surface area contributed by atoms with Crippen LogP contribution in [0.1, 0.15) is 58.5 Å². The summed E-state index contributed by atoms with van der Waals surface area (Å²) in [5.41, 5.74) is 2.34. The van der Waals surface area contributed by atoms with E-state index < -0.39 is 0 Å². The maximum absolute atomic E-state index is 12.6. The molecule has 2 aromatic carbocycles. The van der Waals surface area contributed by atoms with Gasteiger partial charge in [-0.2, -0.15) is 0 Å². The fraction of sp³-hybridized carbons (Fsp3) is 0.269. The molecular formula is C26H27N3O3. The summed E-state index contributed by atoms with van der Waals surface area (Å²) in [5.74, 6) is 0.330. The Kier molecular flexibility index (Phi) is 7.12. The molecule has 1 aromatic heterocycles. The van der Waals surface area contributed by atoms with E-state index in [0.717, 1.165) is 24.3 Å². The number of anilines is 1. The van der Waals surface area contributed by atoms with Gasteiger partial charge in [0.1, 0.15) is 5.75 Å². The zero-order valence-electron chi connectivity index (χ0n) is 17.9. The normalized spacial score (nSPS) is 13.9. The van der Waals surface area contributed by atoms with E-state index in [1.54, 1.807) is 42.6 Å². The van der Waals surface area contributed by atoms with Gasteiger partial charge < -0.3 is 15.4 Å². The number of pyridine rings is 1. The van der Waals surface area contributed by atoms with Gasteiger partial charge in [-0.05, 0) is 80.3 Å². The predicted octanol–water partition coefficient (Wildman–Crippen LogP) is 4.98. The molecule has 1 heterocycles. The van der Waals surface area contributed by atoms with Gasteiger partial charge in [0.15, 0.2) is 0 Å². The first-order valence-electron chi connectivity index (χ1n) is 11.0. The van der Waals surface area contributed by atoms with Crippen LogP contribution in [-0.4, -0.2) is 22.9 Å². The first-order chi connectivity index (χ1) is 15.7. The number of carbonyl (C=O) groups is 2. The van der Waals surface area contributed by atoms with Crippen molar-refractivity contribution in [3.05, 3.63) is 89.7 Å². The van der Waals surface area contributed by atoms with Crippen molar-refractivity contribution in [1.82, 2.24) is 10.3 Å². The molecule has 1 fully saturated rings. The Morgan fingerprint density at radius 2 is 1.69 bits per heavy atom. The van der Waals surface area contributed by atoms with Gasteiger partial charge in [-0.3, -0.25) is 14.6 Å². The number of rotatable bonds is 7. The summed E-state index contributed by atoms with van der Waals surface area (Å²) in [6.45, 7) is 0.339. The number of ether oxygens (including phenoxy) is 1. The molecule has 3 aromatic rings. The van der Waals surface area contributed by atoms with Crippen LogP contribution < -0.4 is 15.4 Å². The molecule has 2 amide bonds. The van der Waals surface area contributed by atoms with Crippen molar-refractivity contribution in [2.45, 2.75) is 44.8 Å².